The van der Waals surface area contributed by atoms with Gasteiger partial charge in [-0.15, -0.1) is 0 Å². The van der Waals surface area contributed by atoms with E-state index in [2.05, 4.69) is 19.2 Å². The van der Waals surface area contributed by atoms with Crippen molar-refractivity contribution in [2.45, 2.75) is 293 Å². The first-order chi connectivity index (χ1) is 30.7. The predicted octanol–water partition coefficient (Wildman–Crippen LogP) is 6.52. The normalized spacial score (nSPS) is 23.6. The highest BCUT2D eigenvalue weighted by Gasteiger charge is 2.50. The number of aliphatic hydroxyl groups is 9. The number of phosphoric ester groups is 1. The van der Waals surface area contributed by atoms with Gasteiger partial charge in [-0.1, -0.05) is 213 Å². The number of hydrogen-bond acceptors (Lipinski definition) is 14. The van der Waals surface area contributed by atoms with Gasteiger partial charge in [-0.05, 0) is 12.8 Å². The van der Waals surface area contributed by atoms with E-state index in [-0.39, 0.29) is 12.8 Å². The van der Waals surface area contributed by atoms with Gasteiger partial charge in [0.15, 0.2) is 6.10 Å². The van der Waals surface area contributed by atoms with Crippen LogP contribution < -0.4 is 10.2 Å². The number of nitrogens with one attached hydrogen (secondary N) is 1. The van der Waals surface area contributed by atoms with Crippen LogP contribution in [-0.2, 0) is 18.4 Å². The Labute approximate surface area is 386 Å². The maximum atomic E-state index is 13.1. The summed E-state index contributed by atoms with van der Waals surface area (Å²) in [6.45, 7) is 3.42. The first-order valence-electron chi connectivity index (χ1n) is 25.7. The van der Waals surface area contributed by atoms with Crippen LogP contribution in [0.25, 0.3) is 0 Å². The second kappa shape index (κ2) is 38.1. The lowest BCUT2D eigenvalue weighted by molar-refractivity contribution is -0.261. The lowest BCUT2D eigenvalue weighted by atomic mass is 9.85. The zero-order valence-corrected chi connectivity index (χ0v) is 40.8. The highest BCUT2D eigenvalue weighted by molar-refractivity contribution is 7.45. The molecule has 382 valence electrons. The lowest BCUT2D eigenvalue weighted by Gasteiger charge is -2.43. The van der Waals surface area contributed by atoms with E-state index in [9.17, 15) is 60.2 Å². The van der Waals surface area contributed by atoms with Gasteiger partial charge in [0.2, 0.25) is 0 Å². The molecule has 0 radical (unpaired) electrons. The number of carbonyl (C=O) groups is 1. The molecular formula is C48H95NO14P-. The Kier molecular flexibility index (Phi) is 36.5. The van der Waals surface area contributed by atoms with E-state index in [0.717, 1.165) is 51.4 Å². The number of unbranched alkanes of at least 4 members (excludes halogenated alkanes) is 29. The molecule has 0 aliphatic heterocycles. The molecule has 1 amide bonds. The Morgan fingerprint density at radius 1 is 0.500 bits per heavy atom. The average molecular weight is 941 g/mol. The molecule has 15 nitrogen and oxygen atoms in total. The molecule has 1 saturated carbocycles. The molecule has 16 heteroatoms. The third kappa shape index (κ3) is 27.9. The molecule has 64 heavy (non-hydrogen) atoms. The Morgan fingerprint density at radius 3 is 1.14 bits per heavy atom. The molecule has 0 aromatic heterocycles. The van der Waals surface area contributed by atoms with Gasteiger partial charge >= 0.3 is 0 Å². The first kappa shape index (κ1) is 61.2. The van der Waals surface area contributed by atoms with Crippen LogP contribution in [0.4, 0.5) is 0 Å². The van der Waals surface area contributed by atoms with Crippen molar-refractivity contribution in [3.63, 3.8) is 0 Å². The van der Waals surface area contributed by atoms with E-state index in [1.807, 2.05) is 0 Å². The third-order valence-corrected chi connectivity index (χ3v) is 13.9. The highest BCUT2D eigenvalue weighted by Crippen LogP contribution is 2.43. The maximum Gasteiger partial charge on any atom is 0.268 e. The van der Waals surface area contributed by atoms with Crippen molar-refractivity contribution in [3.8, 4) is 0 Å². The van der Waals surface area contributed by atoms with E-state index in [0.29, 0.717) is 12.8 Å². The van der Waals surface area contributed by atoms with E-state index in [4.69, 9.17) is 9.05 Å². The molecule has 0 spiro atoms. The standard InChI is InChI=1S/C48H96NO14P/c1-3-5-7-9-11-13-15-17-18-19-20-21-22-23-25-27-29-31-33-35-39(51)41(53)48(59)49-37(36-62-64(60,61)63-47-45(57)43(55)42(54)44(56)46(47)58)40(52)38(50)34-32-30-28-26-24-16-14-12-10-8-6-4-2/h37-47,50-58H,3-36H2,1-2H3,(H,49,59)(H,60,61)/p-1/t37-,38+,39+,40-,41-,42?,43-,44+,45+,46+,47?/m0/s1. The van der Waals surface area contributed by atoms with Crippen LogP contribution in [0.2, 0.25) is 0 Å². The van der Waals surface area contributed by atoms with Crippen LogP contribution in [0, 0.1) is 0 Å². The van der Waals surface area contributed by atoms with Gasteiger partial charge < -0.3 is 65.2 Å². The summed E-state index contributed by atoms with van der Waals surface area (Å²) in [5.74, 6) is -1.13. The number of carbonyl (C=O) groups excluding carboxylic acids is 1. The zero-order valence-electron chi connectivity index (χ0n) is 39.9. The van der Waals surface area contributed by atoms with Crippen molar-refractivity contribution in [1.82, 2.24) is 5.32 Å². The minimum atomic E-state index is -5.54. The summed E-state index contributed by atoms with van der Waals surface area (Å²) in [4.78, 5) is 26.0. The average Bonchev–Trinajstić information content (AvgIpc) is 3.28. The number of amides is 1. The van der Waals surface area contributed by atoms with Gasteiger partial charge in [0, 0.05) is 0 Å². The quantitative estimate of drug-likeness (QED) is 0.0231. The third-order valence-electron chi connectivity index (χ3n) is 13.0. The van der Waals surface area contributed by atoms with Crippen LogP contribution in [0.3, 0.4) is 0 Å². The van der Waals surface area contributed by atoms with Crippen molar-refractivity contribution in [2.24, 2.45) is 0 Å². The molecule has 0 aromatic rings. The Morgan fingerprint density at radius 2 is 0.797 bits per heavy atom. The minimum absolute atomic E-state index is 0.111. The van der Waals surface area contributed by atoms with Crippen molar-refractivity contribution in [2.75, 3.05) is 6.61 Å². The van der Waals surface area contributed by atoms with E-state index in [1.54, 1.807) is 0 Å². The van der Waals surface area contributed by atoms with Crippen molar-refractivity contribution in [3.05, 3.63) is 0 Å². The SMILES string of the molecule is CCCCCCCCCCCCCCCCCCCCC[C@@H](O)[C@H](O)C(=O)N[C@@H](COP(=O)([O-])OC1[C@H](O)[C@H](O)C(O)[C@H](O)[C@H]1O)[C@H](O)[C@H](O)CCCCCCCCCCCCCC. The van der Waals surface area contributed by atoms with Crippen LogP contribution in [-0.4, -0.2) is 126 Å². The van der Waals surface area contributed by atoms with Gasteiger partial charge in [0.25, 0.3) is 13.7 Å². The summed E-state index contributed by atoms with van der Waals surface area (Å²) >= 11 is 0. The number of aliphatic hydroxyl groups excluding tert-OH is 9. The number of hydrogen-bond donors (Lipinski definition) is 10. The second-order valence-corrected chi connectivity index (χ2v) is 20.1. The summed E-state index contributed by atoms with van der Waals surface area (Å²) in [6.07, 6.45) is 17.2. The van der Waals surface area contributed by atoms with Crippen LogP contribution in [0.1, 0.15) is 226 Å². The van der Waals surface area contributed by atoms with E-state index >= 15 is 0 Å². The molecule has 0 aromatic carbocycles. The number of phosphoric acid groups is 1. The fraction of sp³-hybridized carbons (Fsp3) is 0.979. The molecule has 3 unspecified atom stereocenters. The zero-order chi connectivity index (χ0) is 47.6. The van der Waals surface area contributed by atoms with Gasteiger partial charge in [0.05, 0.1) is 24.9 Å². The number of rotatable bonds is 43. The van der Waals surface area contributed by atoms with Gasteiger partial charge in [0.1, 0.15) is 42.7 Å². The van der Waals surface area contributed by atoms with Crippen molar-refractivity contribution < 1.29 is 69.3 Å². The fourth-order valence-corrected chi connectivity index (χ4v) is 9.52. The van der Waals surface area contributed by atoms with Crippen LogP contribution >= 0.6 is 7.82 Å². The topological polar surface area (TPSA) is 270 Å². The second-order valence-electron chi connectivity index (χ2n) is 18.8. The molecule has 1 aliphatic rings. The molecule has 1 aliphatic carbocycles. The molecular weight excluding hydrogens is 845 g/mol. The molecule has 10 N–H and O–H groups in total. The maximum absolute atomic E-state index is 13.1. The monoisotopic (exact) mass is 941 g/mol. The summed E-state index contributed by atoms with van der Waals surface area (Å²) in [5.41, 5.74) is 0. The molecule has 0 saturated heterocycles. The molecule has 0 bridgehead atoms. The van der Waals surface area contributed by atoms with Crippen molar-refractivity contribution in [1.29, 1.82) is 0 Å². The minimum Gasteiger partial charge on any atom is -0.756 e. The van der Waals surface area contributed by atoms with Gasteiger partial charge in [-0.25, -0.2) is 0 Å². The van der Waals surface area contributed by atoms with E-state index in [1.165, 1.54) is 135 Å². The predicted molar refractivity (Wildman–Crippen MR) is 248 cm³/mol. The summed E-state index contributed by atoms with van der Waals surface area (Å²) < 4.78 is 22.5. The summed E-state index contributed by atoms with van der Waals surface area (Å²) in [7, 11) is -5.54. The molecule has 1 fully saturated rings. The fourth-order valence-electron chi connectivity index (χ4n) is 8.56. The molecule has 0 heterocycles. The Bertz CT molecular complexity index is 1140. The Balaban J connectivity index is 2.55. The Hall–Kier alpha value is -0.780. The summed E-state index contributed by atoms with van der Waals surface area (Å²) in [5, 5.41) is 95.9. The van der Waals surface area contributed by atoms with Crippen LogP contribution in [0.15, 0.2) is 0 Å². The van der Waals surface area contributed by atoms with Gasteiger partial charge in [-0.2, -0.15) is 0 Å². The highest BCUT2D eigenvalue weighted by atomic mass is 31.2. The molecule has 12 atom stereocenters. The van der Waals surface area contributed by atoms with E-state index < -0.39 is 87.4 Å². The smallest absolute Gasteiger partial charge is 0.268 e. The summed E-state index contributed by atoms with van der Waals surface area (Å²) in [6, 6.07) is -1.64. The van der Waals surface area contributed by atoms with Crippen molar-refractivity contribution >= 4 is 13.7 Å². The largest absolute Gasteiger partial charge is 0.756 e. The van der Waals surface area contributed by atoms with Crippen LogP contribution in [0.5, 0.6) is 0 Å². The van der Waals surface area contributed by atoms with Gasteiger partial charge in [-0.3, -0.25) is 9.36 Å². The first-order valence-corrected chi connectivity index (χ1v) is 27.2. The molecule has 1 rings (SSSR count). The lowest BCUT2D eigenvalue weighted by Crippen LogP contribution is -2.64.